The Kier molecular flexibility index (Phi) is 6.76. The van der Waals surface area contributed by atoms with E-state index in [1.807, 2.05) is 30.5 Å². The number of ether oxygens (including phenoxy) is 1. The van der Waals surface area contributed by atoms with Gasteiger partial charge in [0, 0.05) is 13.1 Å². The Morgan fingerprint density at radius 3 is 2.00 bits per heavy atom. The summed E-state index contributed by atoms with van der Waals surface area (Å²) < 4.78 is 9.49. The zero-order valence-electron chi connectivity index (χ0n) is 19.9. The minimum absolute atomic E-state index is 0.122. The highest BCUT2D eigenvalue weighted by Crippen LogP contribution is 2.36. The number of carbonyl (C=O) groups excluding carboxylic acids is 1. The van der Waals surface area contributed by atoms with Crippen molar-refractivity contribution in [2.75, 3.05) is 20.2 Å². The number of nitrogens with zero attached hydrogens (tertiary/aromatic N) is 3. The van der Waals surface area contributed by atoms with Crippen molar-refractivity contribution >= 4 is 5.97 Å². The molecule has 7 heteroatoms. The van der Waals surface area contributed by atoms with Gasteiger partial charge < -0.3 is 9.57 Å². The van der Waals surface area contributed by atoms with Crippen LogP contribution in [0.4, 0.5) is 0 Å². The van der Waals surface area contributed by atoms with Gasteiger partial charge in [0.25, 0.3) is 5.56 Å². The standard InChI is InChI=1S/C24H35N3O4/c1-8-17-14-16(3)15-18(9-2)19(17)20-21(28)26-12-10-25(30-7)11-13-27(26)22(20)31-23(29)24(4,5)6/h14-15H,8-13H2,1-7H3. The van der Waals surface area contributed by atoms with Crippen LogP contribution in [-0.2, 0) is 35.6 Å². The number of aryl methyl sites for hydroxylation is 3. The van der Waals surface area contributed by atoms with Crippen molar-refractivity contribution in [3.05, 3.63) is 39.2 Å². The Balaban J connectivity index is 2.29. The van der Waals surface area contributed by atoms with Crippen LogP contribution in [0.25, 0.3) is 11.1 Å². The average molecular weight is 430 g/mol. The number of hydroxylamine groups is 2. The summed E-state index contributed by atoms with van der Waals surface area (Å²) in [7, 11) is 1.63. The first-order valence-corrected chi connectivity index (χ1v) is 11.1. The highest BCUT2D eigenvalue weighted by molar-refractivity contribution is 5.82. The second-order valence-corrected chi connectivity index (χ2v) is 9.15. The van der Waals surface area contributed by atoms with E-state index in [9.17, 15) is 9.59 Å². The number of carbonyl (C=O) groups is 1. The van der Waals surface area contributed by atoms with Crippen LogP contribution in [0.15, 0.2) is 16.9 Å². The smallest absolute Gasteiger partial charge is 0.317 e. The summed E-state index contributed by atoms with van der Waals surface area (Å²) in [6.45, 7) is 13.8. The van der Waals surface area contributed by atoms with Gasteiger partial charge in [-0.05, 0) is 57.2 Å². The number of aromatic nitrogens is 2. The summed E-state index contributed by atoms with van der Waals surface area (Å²) >= 11 is 0. The highest BCUT2D eigenvalue weighted by atomic mass is 16.7. The van der Waals surface area contributed by atoms with Crippen molar-refractivity contribution in [1.82, 2.24) is 14.4 Å². The minimum atomic E-state index is -0.687. The lowest BCUT2D eigenvalue weighted by Crippen LogP contribution is -2.28. The van der Waals surface area contributed by atoms with Crippen molar-refractivity contribution in [1.29, 1.82) is 0 Å². The van der Waals surface area contributed by atoms with Gasteiger partial charge in [0.15, 0.2) is 0 Å². The Morgan fingerprint density at radius 1 is 0.968 bits per heavy atom. The first-order chi connectivity index (χ1) is 14.6. The molecule has 0 saturated carbocycles. The van der Waals surface area contributed by atoms with Gasteiger partial charge in [-0.3, -0.25) is 9.59 Å². The number of fused-ring (bicyclic) bond motifs is 1. The molecule has 0 radical (unpaired) electrons. The van der Waals surface area contributed by atoms with Crippen molar-refractivity contribution in [2.24, 2.45) is 5.41 Å². The average Bonchev–Trinajstić information content (AvgIpc) is 2.86. The predicted molar refractivity (Wildman–Crippen MR) is 121 cm³/mol. The summed E-state index contributed by atoms with van der Waals surface area (Å²) in [6.07, 6.45) is 1.58. The van der Waals surface area contributed by atoms with Gasteiger partial charge in [-0.1, -0.05) is 31.5 Å². The van der Waals surface area contributed by atoms with Crippen LogP contribution in [0.5, 0.6) is 5.88 Å². The van der Waals surface area contributed by atoms with Crippen molar-refractivity contribution < 1.29 is 14.4 Å². The molecule has 0 unspecified atom stereocenters. The third-order valence-corrected chi connectivity index (χ3v) is 5.83. The van der Waals surface area contributed by atoms with E-state index in [0.29, 0.717) is 37.6 Å². The molecule has 0 spiro atoms. The molecule has 0 atom stereocenters. The molecular formula is C24H35N3O4. The normalized spacial score (nSPS) is 14.9. The molecule has 170 valence electrons. The summed E-state index contributed by atoms with van der Waals surface area (Å²) in [6, 6.07) is 4.26. The van der Waals surface area contributed by atoms with Gasteiger partial charge in [0.1, 0.15) is 5.56 Å². The van der Waals surface area contributed by atoms with Crippen LogP contribution < -0.4 is 10.3 Å². The molecule has 0 fully saturated rings. The Labute approximate surface area is 184 Å². The third kappa shape index (κ3) is 4.48. The Bertz CT molecular complexity index is 1000. The fraction of sp³-hybridized carbons (Fsp3) is 0.583. The van der Waals surface area contributed by atoms with E-state index in [-0.39, 0.29) is 11.5 Å². The monoisotopic (exact) mass is 429 g/mol. The van der Waals surface area contributed by atoms with Crippen LogP contribution in [0, 0.1) is 12.3 Å². The zero-order chi connectivity index (χ0) is 22.9. The molecule has 0 bridgehead atoms. The fourth-order valence-electron chi connectivity index (χ4n) is 4.10. The molecule has 0 saturated heterocycles. The molecule has 1 aromatic heterocycles. The summed E-state index contributed by atoms with van der Waals surface area (Å²) in [5.74, 6) is -0.0122. The number of esters is 1. The molecule has 7 nitrogen and oxygen atoms in total. The van der Waals surface area contributed by atoms with Gasteiger partial charge in [0.2, 0.25) is 5.88 Å². The van der Waals surface area contributed by atoms with Gasteiger partial charge in [0.05, 0.1) is 25.6 Å². The summed E-state index contributed by atoms with van der Waals surface area (Å²) in [5.41, 5.74) is 3.97. The van der Waals surface area contributed by atoms with E-state index in [0.717, 1.165) is 29.5 Å². The van der Waals surface area contributed by atoms with E-state index in [1.165, 1.54) is 5.56 Å². The minimum Gasteiger partial charge on any atom is -0.407 e. The van der Waals surface area contributed by atoms with Gasteiger partial charge in [-0.2, -0.15) is 5.06 Å². The lowest BCUT2D eigenvalue weighted by Gasteiger charge is -2.20. The molecule has 1 aliphatic rings. The maximum absolute atomic E-state index is 13.7. The van der Waals surface area contributed by atoms with Gasteiger partial charge >= 0.3 is 5.97 Å². The molecular weight excluding hydrogens is 394 g/mol. The molecule has 0 aliphatic carbocycles. The highest BCUT2D eigenvalue weighted by Gasteiger charge is 2.32. The van der Waals surface area contributed by atoms with Gasteiger partial charge in [-0.15, -0.1) is 0 Å². The fourth-order valence-corrected chi connectivity index (χ4v) is 4.10. The molecule has 0 N–H and O–H groups in total. The predicted octanol–water partition coefficient (Wildman–Crippen LogP) is 3.58. The van der Waals surface area contributed by atoms with E-state index < -0.39 is 5.41 Å². The molecule has 3 rings (SSSR count). The molecule has 1 aromatic carbocycles. The first kappa shape index (κ1) is 23.3. The molecule has 1 aliphatic heterocycles. The Morgan fingerprint density at radius 2 is 1.52 bits per heavy atom. The van der Waals surface area contributed by atoms with Gasteiger partial charge in [-0.25, -0.2) is 9.36 Å². The van der Waals surface area contributed by atoms with E-state index >= 15 is 0 Å². The molecule has 2 aromatic rings. The second-order valence-electron chi connectivity index (χ2n) is 9.15. The molecule has 2 heterocycles. The molecule has 0 amide bonds. The van der Waals surface area contributed by atoms with E-state index in [4.69, 9.17) is 9.57 Å². The van der Waals surface area contributed by atoms with Crippen molar-refractivity contribution in [3.8, 4) is 17.0 Å². The lowest BCUT2D eigenvalue weighted by molar-refractivity contribution is -0.143. The van der Waals surface area contributed by atoms with Crippen LogP contribution in [0.3, 0.4) is 0 Å². The van der Waals surface area contributed by atoms with E-state index in [2.05, 4.69) is 32.9 Å². The van der Waals surface area contributed by atoms with Crippen LogP contribution in [0.2, 0.25) is 0 Å². The number of benzene rings is 1. The van der Waals surface area contributed by atoms with Crippen LogP contribution in [0.1, 0.15) is 51.3 Å². The lowest BCUT2D eigenvalue weighted by atomic mass is 9.91. The van der Waals surface area contributed by atoms with Crippen molar-refractivity contribution in [2.45, 2.75) is 67.5 Å². The zero-order valence-corrected chi connectivity index (χ0v) is 19.9. The largest absolute Gasteiger partial charge is 0.407 e. The third-order valence-electron chi connectivity index (χ3n) is 5.83. The first-order valence-electron chi connectivity index (χ1n) is 11.1. The topological polar surface area (TPSA) is 65.7 Å². The quantitative estimate of drug-likeness (QED) is 0.680. The van der Waals surface area contributed by atoms with Crippen molar-refractivity contribution in [3.63, 3.8) is 0 Å². The van der Waals surface area contributed by atoms with Crippen LogP contribution >= 0.6 is 0 Å². The number of hydrogen-bond acceptors (Lipinski definition) is 5. The van der Waals surface area contributed by atoms with E-state index in [1.54, 1.807) is 11.8 Å². The number of hydrogen-bond donors (Lipinski definition) is 0. The summed E-state index contributed by atoms with van der Waals surface area (Å²) in [4.78, 5) is 32.0. The molecule has 31 heavy (non-hydrogen) atoms. The maximum atomic E-state index is 13.7. The Hall–Kier alpha value is -2.38. The SMILES string of the molecule is CCc1cc(C)cc(CC)c1-c1c(OC(=O)C(C)(C)C)n2n(c1=O)CCN(OC)CC2. The number of rotatable bonds is 5. The maximum Gasteiger partial charge on any atom is 0.317 e. The second kappa shape index (κ2) is 9.01. The van der Waals surface area contributed by atoms with Crippen LogP contribution in [-0.4, -0.2) is 40.6 Å². The summed E-state index contributed by atoms with van der Waals surface area (Å²) in [5, 5.41) is 1.81.